The molecule has 0 amide bonds. The average Bonchev–Trinajstić information content (AvgIpc) is 3.82. The van der Waals surface area contributed by atoms with E-state index in [9.17, 15) is 0 Å². The molecule has 3 heterocycles. The molecule has 0 unspecified atom stereocenters. The summed E-state index contributed by atoms with van der Waals surface area (Å²) in [4.78, 5) is 7.36. The number of benzene rings is 7. The monoisotopic (exact) mass is 957 g/mol. The first kappa shape index (κ1) is 38.9. The van der Waals surface area contributed by atoms with Gasteiger partial charge >= 0.3 is 0 Å². The van der Waals surface area contributed by atoms with E-state index >= 15 is 0 Å². The van der Waals surface area contributed by atoms with E-state index in [1.165, 1.54) is 27.8 Å². The van der Waals surface area contributed by atoms with Gasteiger partial charge in [0.2, 0.25) is 0 Å². The maximum absolute atomic E-state index is 5.04. The quantitative estimate of drug-likeness (QED) is 0.149. The van der Waals surface area contributed by atoms with Crippen LogP contribution in [0.3, 0.4) is 0 Å². The third-order valence-corrected chi connectivity index (χ3v) is 11.4. The van der Waals surface area contributed by atoms with Crippen molar-refractivity contribution >= 4 is 49.9 Å². The van der Waals surface area contributed by atoms with Gasteiger partial charge in [-0.05, 0) is 104 Å². The van der Waals surface area contributed by atoms with E-state index < -0.39 is 0 Å². The molecule has 0 spiro atoms. The van der Waals surface area contributed by atoms with Crippen molar-refractivity contribution in [1.82, 2.24) is 18.7 Å². The maximum Gasteiger partial charge on any atom is 0.188 e. The molecule has 0 saturated heterocycles. The first-order valence-corrected chi connectivity index (χ1v) is 20.2. The topological polar surface area (TPSA) is 30.9 Å². The Kier molecular flexibility index (Phi) is 10.1. The van der Waals surface area contributed by atoms with Crippen molar-refractivity contribution in [3.63, 3.8) is 0 Å². The zero-order valence-electron chi connectivity index (χ0n) is 34.3. The summed E-state index contributed by atoms with van der Waals surface area (Å²) in [5.41, 5.74) is 15.1. The normalized spacial score (nSPS) is 11.6. The van der Waals surface area contributed by atoms with Crippen LogP contribution in [0.5, 0.6) is 0 Å². The SMILES string of the molecule is Cc1cccc(C)c1N(c1[c-]c(-n2[cH+]n(C(C)(C)C)c3ccccc32)ccc1)c1[c-]c2c(cc1)c1ccccc1n2-c1cc(-c2ccccc2-c2ccccc2)ccn1.[Pt]. The van der Waals surface area contributed by atoms with Crippen LogP contribution in [0.2, 0.25) is 0 Å². The first-order valence-electron chi connectivity index (χ1n) is 20.2. The van der Waals surface area contributed by atoms with Crippen molar-refractivity contribution < 1.29 is 21.1 Å². The Bertz CT molecular complexity index is 3170. The minimum Gasteiger partial charge on any atom is -0.357 e. The van der Waals surface area contributed by atoms with Gasteiger partial charge in [0.25, 0.3) is 0 Å². The Labute approximate surface area is 366 Å². The number of rotatable bonds is 7. The summed E-state index contributed by atoms with van der Waals surface area (Å²) in [6.07, 6.45) is 4.13. The number of para-hydroxylation sites is 4. The Morgan fingerprint density at radius 2 is 1.20 bits per heavy atom. The van der Waals surface area contributed by atoms with Crippen LogP contribution < -0.4 is 4.90 Å². The fourth-order valence-electron chi connectivity index (χ4n) is 8.65. The van der Waals surface area contributed by atoms with Crippen LogP contribution in [-0.2, 0) is 26.6 Å². The molecule has 7 aromatic carbocycles. The molecule has 0 saturated carbocycles. The fourth-order valence-corrected chi connectivity index (χ4v) is 8.65. The summed E-state index contributed by atoms with van der Waals surface area (Å²) in [7, 11) is 0. The molecule has 0 bridgehead atoms. The Morgan fingerprint density at radius 3 is 1.95 bits per heavy atom. The summed E-state index contributed by atoms with van der Waals surface area (Å²) < 4.78 is 6.87. The molecule has 10 rings (SSSR count). The molecule has 10 aromatic rings. The molecule has 0 N–H and O–H groups in total. The summed E-state index contributed by atoms with van der Waals surface area (Å²) in [6, 6.07) is 65.9. The van der Waals surface area contributed by atoms with Crippen molar-refractivity contribution in [2.75, 3.05) is 4.90 Å². The van der Waals surface area contributed by atoms with Gasteiger partial charge in [-0.15, -0.1) is 29.7 Å². The van der Waals surface area contributed by atoms with Gasteiger partial charge in [0.1, 0.15) is 5.82 Å². The first-order chi connectivity index (χ1) is 28.7. The summed E-state index contributed by atoms with van der Waals surface area (Å²) >= 11 is 0. The molecule has 0 fully saturated rings. The second-order valence-electron chi connectivity index (χ2n) is 16.3. The Morgan fingerprint density at radius 1 is 0.567 bits per heavy atom. The third kappa shape index (κ3) is 6.73. The molecule has 5 nitrogen and oxygen atoms in total. The summed E-state index contributed by atoms with van der Waals surface area (Å²) in [5.74, 6) is 0.837. The van der Waals surface area contributed by atoms with Gasteiger partial charge in [-0.2, -0.15) is 12.1 Å². The molecule has 0 radical (unpaired) electrons. The number of nitrogens with zero attached hydrogens (tertiary/aromatic N) is 5. The Hall–Kier alpha value is -6.55. The van der Waals surface area contributed by atoms with E-state index in [-0.39, 0.29) is 26.6 Å². The standard InChI is InChI=1S/C54H44N5.Pt/c1-37-17-15-18-38(2)53(37)58(42-22-16-21-41(34-42)56-36-57(54(3,4)5)50-28-14-13-27-49(50)56)43-29-30-47-46-25-11-12-26-48(46)59(51(47)35-43)52-33-40(31-32-55-52)45-24-10-9-23-44(45)39-19-7-6-8-20-39;/h6-33,36H,1-5H3;/q-1;. The number of aromatic nitrogens is 4. The zero-order valence-corrected chi connectivity index (χ0v) is 36.6. The van der Waals surface area contributed by atoms with Crippen LogP contribution in [0, 0.1) is 26.0 Å². The largest absolute Gasteiger partial charge is 0.357 e. The number of hydrogen-bond acceptors (Lipinski definition) is 2. The van der Waals surface area contributed by atoms with E-state index in [2.05, 4.69) is 235 Å². The van der Waals surface area contributed by atoms with Crippen molar-refractivity contribution in [1.29, 1.82) is 0 Å². The van der Waals surface area contributed by atoms with Gasteiger partial charge in [0.05, 0.1) is 5.54 Å². The minimum absolute atomic E-state index is 0. The van der Waals surface area contributed by atoms with Crippen LogP contribution in [0.15, 0.2) is 176 Å². The van der Waals surface area contributed by atoms with Crippen molar-refractivity contribution in [3.8, 4) is 33.8 Å². The van der Waals surface area contributed by atoms with Crippen molar-refractivity contribution in [2.45, 2.75) is 40.2 Å². The predicted molar refractivity (Wildman–Crippen MR) is 246 cm³/mol. The number of imidazole rings is 1. The molecule has 6 heteroatoms. The Balaban J connectivity index is 0.00000462. The molecule has 0 aliphatic carbocycles. The third-order valence-electron chi connectivity index (χ3n) is 11.4. The average molecular weight is 958 g/mol. The van der Waals surface area contributed by atoms with Crippen LogP contribution >= 0.6 is 0 Å². The van der Waals surface area contributed by atoms with E-state index in [4.69, 9.17) is 4.98 Å². The van der Waals surface area contributed by atoms with Gasteiger partial charge in [-0.25, -0.2) is 14.1 Å². The molecule has 0 aliphatic heterocycles. The molecular weight excluding hydrogens is 914 g/mol. The van der Waals surface area contributed by atoms with E-state index in [0.717, 1.165) is 67.0 Å². The van der Waals surface area contributed by atoms with E-state index in [1.807, 2.05) is 6.20 Å². The van der Waals surface area contributed by atoms with Gasteiger partial charge < -0.3 is 9.47 Å². The number of anilines is 3. The molecule has 296 valence electrons. The molecule has 60 heavy (non-hydrogen) atoms. The van der Waals surface area contributed by atoms with Crippen molar-refractivity contribution in [3.05, 3.63) is 200 Å². The van der Waals surface area contributed by atoms with Crippen LogP contribution in [0.4, 0.5) is 17.1 Å². The number of pyridine rings is 1. The minimum atomic E-state index is -0.102. The summed E-state index contributed by atoms with van der Waals surface area (Å²) in [5, 5.41) is 2.27. The van der Waals surface area contributed by atoms with Gasteiger partial charge in [-0.1, -0.05) is 114 Å². The maximum atomic E-state index is 5.04. The smallest absolute Gasteiger partial charge is 0.188 e. The molecule has 0 aliphatic rings. The molecule has 3 aromatic heterocycles. The van der Waals surface area contributed by atoms with E-state index in [0.29, 0.717) is 0 Å². The van der Waals surface area contributed by atoms with Crippen LogP contribution in [-0.4, -0.2) is 18.7 Å². The molecular formula is C54H44N5Pt-. The number of aryl methyl sites for hydroxylation is 2. The van der Waals surface area contributed by atoms with Gasteiger partial charge in [-0.3, -0.25) is 0 Å². The van der Waals surface area contributed by atoms with Gasteiger partial charge in [0, 0.05) is 56.3 Å². The second kappa shape index (κ2) is 15.6. The summed E-state index contributed by atoms with van der Waals surface area (Å²) in [6.45, 7) is 11.1. The number of fused-ring (bicyclic) bond motifs is 4. The van der Waals surface area contributed by atoms with Crippen LogP contribution in [0.25, 0.3) is 66.6 Å². The number of hydrogen-bond donors (Lipinski definition) is 0. The second-order valence-corrected chi connectivity index (χ2v) is 16.3. The van der Waals surface area contributed by atoms with Crippen molar-refractivity contribution in [2.24, 2.45) is 0 Å². The van der Waals surface area contributed by atoms with E-state index in [1.54, 1.807) is 0 Å². The predicted octanol–water partition coefficient (Wildman–Crippen LogP) is 14.0. The van der Waals surface area contributed by atoms with Crippen LogP contribution in [0.1, 0.15) is 31.9 Å². The zero-order chi connectivity index (χ0) is 40.3. The fraction of sp³-hybridized carbons (Fsp3) is 0.111. The molecule has 0 atom stereocenters. The van der Waals surface area contributed by atoms with Gasteiger partial charge in [0.15, 0.2) is 17.4 Å².